The lowest BCUT2D eigenvalue weighted by atomic mass is 10.1. The predicted octanol–water partition coefficient (Wildman–Crippen LogP) is 1.17. The number of hydrogen-bond acceptors (Lipinski definition) is 6. The molecule has 0 spiro atoms. The number of amides is 1. The SMILES string of the molecule is CCCN1CCC(NC(=NC)NCCC(=O)N2CCN(c3ncccn3)CC2)CC1.I. The van der Waals surface area contributed by atoms with Crippen LogP contribution in [0.4, 0.5) is 5.95 Å². The van der Waals surface area contributed by atoms with E-state index >= 15 is 0 Å². The second-order valence-electron chi connectivity index (χ2n) is 7.93. The molecule has 2 fully saturated rings. The normalized spacial score (nSPS) is 18.5. The van der Waals surface area contributed by atoms with Crippen LogP contribution < -0.4 is 15.5 Å². The molecule has 2 aliphatic rings. The Hall–Kier alpha value is -1.69. The number of rotatable bonds is 7. The van der Waals surface area contributed by atoms with Crippen LogP contribution in [0.1, 0.15) is 32.6 Å². The molecule has 174 valence electrons. The van der Waals surface area contributed by atoms with Crippen molar-refractivity contribution >= 4 is 41.8 Å². The number of likely N-dealkylation sites (tertiary alicyclic amines) is 1. The van der Waals surface area contributed by atoms with E-state index in [4.69, 9.17) is 0 Å². The van der Waals surface area contributed by atoms with Gasteiger partial charge in [0.1, 0.15) is 0 Å². The molecule has 10 heteroatoms. The van der Waals surface area contributed by atoms with E-state index in [-0.39, 0.29) is 29.9 Å². The number of carbonyl (C=O) groups is 1. The van der Waals surface area contributed by atoms with E-state index in [1.807, 2.05) is 11.0 Å². The van der Waals surface area contributed by atoms with Gasteiger partial charge in [0.15, 0.2) is 5.96 Å². The van der Waals surface area contributed by atoms with Crippen molar-refractivity contribution < 1.29 is 4.79 Å². The first-order chi connectivity index (χ1) is 14.7. The molecule has 0 atom stereocenters. The predicted molar refractivity (Wildman–Crippen MR) is 135 cm³/mol. The molecule has 3 heterocycles. The van der Waals surface area contributed by atoms with Crippen molar-refractivity contribution in [1.29, 1.82) is 0 Å². The second kappa shape index (κ2) is 13.7. The fourth-order valence-electron chi connectivity index (χ4n) is 4.06. The van der Waals surface area contributed by atoms with Crippen molar-refractivity contribution in [3.8, 4) is 0 Å². The number of aromatic nitrogens is 2. The molecule has 0 saturated carbocycles. The van der Waals surface area contributed by atoms with Gasteiger partial charge in [0, 0.05) is 77.7 Å². The number of nitrogens with one attached hydrogen (secondary N) is 2. The molecule has 9 nitrogen and oxygen atoms in total. The molecular weight excluding hydrogens is 507 g/mol. The number of nitrogens with zero attached hydrogens (tertiary/aromatic N) is 6. The minimum absolute atomic E-state index is 0. The smallest absolute Gasteiger partial charge is 0.225 e. The molecule has 2 aliphatic heterocycles. The largest absolute Gasteiger partial charge is 0.356 e. The van der Waals surface area contributed by atoms with E-state index in [0.717, 1.165) is 50.9 Å². The van der Waals surface area contributed by atoms with Gasteiger partial charge in [0.05, 0.1) is 0 Å². The average Bonchev–Trinajstić information content (AvgIpc) is 2.80. The highest BCUT2D eigenvalue weighted by atomic mass is 127. The number of guanidine groups is 1. The van der Waals surface area contributed by atoms with E-state index in [0.29, 0.717) is 32.1 Å². The Morgan fingerprint density at radius 3 is 2.42 bits per heavy atom. The highest BCUT2D eigenvalue weighted by molar-refractivity contribution is 14.0. The van der Waals surface area contributed by atoms with Gasteiger partial charge in [0.25, 0.3) is 0 Å². The molecule has 1 aromatic heterocycles. The van der Waals surface area contributed by atoms with Crippen LogP contribution in [0.2, 0.25) is 0 Å². The summed E-state index contributed by atoms with van der Waals surface area (Å²) in [6.07, 6.45) is 7.45. The maximum atomic E-state index is 12.6. The Morgan fingerprint density at radius 1 is 1.13 bits per heavy atom. The molecule has 2 saturated heterocycles. The zero-order chi connectivity index (χ0) is 21.2. The summed E-state index contributed by atoms with van der Waals surface area (Å²) >= 11 is 0. The Bertz CT molecular complexity index is 673. The summed E-state index contributed by atoms with van der Waals surface area (Å²) in [7, 11) is 1.79. The van der Waals surface area contributed by atoms with Gasteiger partial charge in [0.2, 0.25) is 11.9 Å². The summed E-state index contributed by atoms with van der Waals surface area (Å²) in [6.45, 7) is 9.24. The molecule has 3 rings (SSSR count). The first-order valence-corrected chi connectivity index (χ1v) is 11.2. The minimum Gasteiger partial charge on any atom is -0.356 e. The fourth-order valence-corrected chi connectivity index (χ4v) is 4.06. The minimum atomic E-state index is 0. The molecule has 0 unspecified atom stereocenters. The fraction of sp³-hybridized carbons (Fsp3) is 0.714. The van der Waals surface area contributed by atoms with Gasteiger partial charge in [-0.25, -0.2) is 9.97 Å². The number of piperidine rings is 1. The van der Waals surface area contributed by atoms with Crippen LogP contribution in [0.15, 0.2) is 23.5 Å². The maximum Gasteiger partial charge on any atom is 0.225 e. The van der Waals surface area contributed by atoms with Crippen LogP contribution >= 0.6 is 24.0 Å². The summed E-state index contributed by atoms with van der Waals surface area (Å²) in [6, 6.07) is 2.27. The van der Waals surface area contributed by atoms with E-state index in [9.17, 15) is 4.79 Å². The van der Waals surface area contributed by atoms with Crippen LogP contribution in [0, 0.1) is 0 Å². The maximum absolute atomic E-state index is 12.6. The summed E-state index contributed by atoms with van der Waals surface area (Å²) in [5, 5.41) is 6.82. The quantitative estimate of drug-likeness (QED) is 0.303. The van der Waals surface area contributed by atoms with Gasteiger partial charge < -0.3 is 25.3 Å². The number of piperazine rings is 1. The molecular formula is C21H37IN8O. The second-order valence-corrected chi connectivity index (χ2v) is 7.93. The van der Waals surface area contributed by atoms with E-state index in [1.165, 1.54) is 13.0 Å². The molecule has 0 radical (unpaired) electrons. The molecule has 1 aromatic rings. The topological polar surface area (TPSA) is 89.0 Å². The molecule has 31 heavy (non-hydrogen) atoms. The highest BCUT2D eigenvalue weighted by Gasteiger charge is 2.22. The van der Waals surface area contributed by atoms with Crippen molar-refractivity contribution in [1.82, 2.24) is 30.4 Å². The molecule has 0 aliphatic carbocycles. The highest BCUT2D eigenvalue weighted by Crippen LogP contribution is 2.11. The van der Waals surface area contributed by atoms with E-state index < -0.39 is 0 Å². The first kappa shape index (κ1) is 25.6. The standard InChI is InChI=1S/C21H36N8O.HI/c1-3-11-27-12-6-18(7-13-27)26-20(22-2)23-10-5-19(30)28-14-16-29(17-15-28)21-24-8-4-9-25-21;/h4,8-9,18H,3,5-7,10-17H2,1-2H3,(H2,22,23,26);1H. The van der Waals surface area contributed by atoms with E-state index in [2.05, 4.69) is 42.3 Å². The zero-order valence-electron chi connectivity index (χ0n) is 18.8. The lowest BCUT2D eigenvalue weighted by Crippen LogP contribution is -2.51. The molecule has 0 aromatic carbocycles. The van der Waals surface area contributed by atoms with Crippen LogP contribution in [0.25, 0.3) is 0 Å². The summed E-state index contributed by atoms with van der Waals surface area (Å²) in [4.78, 5) is 32.1. The first-order valence-electron chi connectivity index (χ1n) is 11.2. The van der Waals surface area contributed by atoms with Gasteiger partial charge in [-0.15, -0.1) is 24.0 Å². The molecule has 1 amide bonds. The zero-order valence-corrected chi connectivity index (χ0v) is 21.1. The summed E-state index contributed by atoms with van der Waals surface area (Å²) < 4.78 is 0. The average molecular weight is 544 g/mol. The van der Waals surface area contributed by atoms with Crippen LogP contribution in [0.5, 0.6) is 0 Å². The third kappa shape index (κ3) is 8.06. The van der Waals surface area contributed by atoms with Crippen LogP contribution in [-0.4, -0.2) is 97.1 Å². The molecule has 2 N–H and O–H groups in total. The van der Waals surface area contributed by atoms with Gasteiger partial charge in [-0.1, -0.05) is 6.92 Å². The third-order valence-corrected chi connectivity index (χ3v) is 5.79. The number of halogens is 1. The lowest BCUT2D eigenvalue weighted by molar-refractivity contribution is -0.131. The van der Waals surface area contributed by atoms with Gasteiger partial charge in [-0.3, -0.25) is 9.79 Å². The Balaban J connectivity index is 0.00000341. The van der Waals surface area contributed by atoms with Crippen molar-refractivity contribution in [3.63, 3.8) is 0 Å². The van der Waals surface area contributed by atoms with Gasteiger partial charge in [-0.05, 0) is 31.9 Å². The van der Waals surface area contributed by atoms with Crippen molar-refractivity contribution in [2.24, 2.45) is 4.99 Å². The van der Waals surface area contributed by atoms with Gasteiger partial charge in [-0.2, -0.15) is 0 Å². The third-order valence-electron chi connectivity index (χ3n) is 5.79. The Kier molecular flexibility index (Phi) is 11.3. The van der Waals surface area contributed by atoms with Crippen molar-refractivity contribution in [2.45, 2.75) is 38.6 Å². The number of aliphatic imine (C=N–C) groups is 1. The van der Waals surface area contributed by atoms with Crippen molar-refractivity contribution in [2.75, 3.05) is 64.3 Å². The Labute approximate surface area is 203 Å². The van der Waals surface area contributed by atoms with Crippen LogP contribution in [0.3, 0.4) is 0 Å². The van der Waals surface area contributed by atoms with Crippen LogP contribution in [-0.2, 0) is 4.79 Å². The van der Waals surface area contributed by atoms with E-state index in [1.54, 1.807) is 19.4 Å². The Morgan fingerprint density at radius 2 is 1.81 bits per heavy atom. The monoisotopic (exact) mass is 544 g/mol. The van der Waals surface area contributed by atoms with Crippen molar-refractivity contribution in [3.05, 3.63) is 18.5 Å². The number of hydrogen-bond donors (Lipinski definition) is 2. The summed E-state index contributed by atoms with van der Waals surface area (Å²) in [5.41, 5.74) is 0. The number of carbonyl (C=O) groups excluding carboxylic acids is 1. The molecule has 0 bridgehead atoms. The summed E-state index contributed by atoms with van der Waals surface area (Å²) in [5.74, 6) is 1.71. The van der Waals surface area contributed by atoms with Gasteiger partial charge >= 0.3 is 0 Å². The lowest BCUT2D eigenvalue weighted by Gasteiger charge is -2.35. The number of anilines is 1.